The quantitative estimate of drug-likeness (QED) is 0.511. The summed E-state index contributed by atoms with van der Waals surface area (Å²) >= 11 is 5.94. The summed E-state index contributed by atoms with van der Waals surface area (Å²) in [6.45, 7) is 0. The number of barbiturate groups is 1. The Hall–Kier alpha value is -3.91. The normalized spacial score (nSPS) is 15.6. The fourth-order valence-electron chi connectivity index (χ4n) is 3.00. The number of ether oxygens (including phenoxy) is 1. The van der Waals surface area contributed by atoms with Gasteiger partial charge in [0.2, 0.25) is 0 Å². The predicted molar refractivity (Wildman–Crippen MR) is 109 cm³/mol. The fraction of sp³-hybridized carbons (Fsp3) is 0.0476. The molecule has 1 aliphatic heterocycles. The molecule has 30 heavy (non-hydrogen) atoms. The summed E-state index contributed by atoms with van der Waals surface area (Å²) in [5, 5.41) is 2.63. The fourth-order valence-corrected chi connectivity index (χ4v) is 3.17. The topological polar surface area (TPSA) is 106 Å². The van der Waals surface area contributed by atoms with E-state index in [0.717, 1.165) is 17.2 Å². The Balaban J connectivity index is 1.78. The van der Waals surface area contributed by atoms with Crippen LogP contribution < -0.4 is 20.4 Å². The summed E-state index contributed by atoms with van der Waals surface area (Å²) < 4.78 is 10.5. The lowest BCUT2D eigenvalue weighted by Crippen LogP contribution is -2.54. The number of fused-ring (bicyclic) bond motifs is 1. The second kappa shape index (κ2) is 7.49. The number of imide groups is 2. The highest BCUT2D eigenvalue weighted by atomic mass is 35.5. The first-order valence-corrected chi connectivity index (χ1v) is 9.03. The third-order valence-corrected chi connectivity index (χ3v) is 4.73. The van der Waals surface area contributed by atoms with Crippen LogP contribution >= 0.6 is 11.6 Å². The second-order valence-electron chi connectivity index (χ2n) is 6.32. The molecule has 9 heteroatoms. The first kappa shape index (κ1) is 19.4. The Kier molecular flexibility index (Phi) is 4.85. The SMILES string of the molecule is COc1ccc(N2C(=O)NC(=O)C(=Cc3coc4ccc(Cl)cc4c3=O)C2=O)cc1. The number of nitrogens with one attached hydrogen (secondary N) is 1. The van der Waals surface area contributed by atoms with E-state index in [1.165, 1.54) is 25.3 Å². The van der Waals surface area contributed by atoms with Gasteiger partial charge in [0.15, 0.2) is 5.43 Å². The molecule has 2 heterocycles. The highest BCUT2D eigenvalue weighted by molar-refractivity contribution is 6.39. The third-order valence-electron chi connectivity index (χ3n) is 4.49. The van der Waals surface area contributed by atoms with Crippen molar-refractivity contribution in [3.05, 3.63) is 75.1 Å². The molecule has 0 spiro atoms. The lowest BCUT2D eigenvalue weighted by Gasteiger charge is -2.26. The largest absolute Gasteiger partial charge is 0.497 e. The van der Waals surface area contributed by atoms with Crippen molar-refractivity contribution in [1.82, 2.24) is 5.32 Å². The zero-order chi connectivity index (χ0) is 21.4. The Labute approximate surface area is 174 Å². The number of rotatable bonds is 3. The van der Waals surface area contributed by atoms with Crippen molar-refractivity contribution in [2.75, 3.05) is 12.0 Å². The van der Waals surface area contributed by atoms with E-state index in [1.807, 2.05) is 0 Å². The molecule has 4 rings (SSSR count). The van der Waals surface area contributed by atoms with E-state index >= 15 is 0 Å². The summed E-state index contributed by atoms with van der Waals surface area (Å²) in [5.41, 5.74) is -0.360. The van der Waals surface area contributed by atoms with Gasteiger partial charge < -0.3 is 9.15 Å². The molecule has 1 fully saturated rings. The van der Waals surface area contributed by atoms with Gasteiger partial charge in [0, 0.05) is 5.02 Å². The minimum Gasteiger partial charge on any atom is -0.497 e. The maximum Gasteiger partial charge on any atom is 0.335 e. The van der Waals surface area contributed by atoms with Crippen molar-refractivity contribution < 1.29 is 23.5 Å². The summed E-state index contributed by atoms with van der Waals surface area (Å²) in [7, 11) is 1.48. The van der Waals surface area contributed by atoms with E-state index in [0.29, 0.717) is 16.4 Å². The molecule has 1 N–H and O–H groups in total. The molecule has 0 radical (unpaired) electrons. The zero-order valence-corrected chi connectivity index (χ0v) is 16.2. The molecule has 4 amide bonds. The molecular formula is C21H13ClN2O6. The second-order valence-corrected chi connectivity index (χ2v) is 6.75. The summed E-state index contributed by atoms with van der Waals surface area (Å²) in [4.78, 5) is 51.0. The van der Waals surface area contributed by atoms with Gasteiger partial charge in [-0.15, -0.1) is 0 Å². The molecule has 2 aromatic carbocycles. The molecule has 0 aliphatic carbocycles. The lowest BCUT2D eigenvalue weighted by molar-refractivity contribution is -0.122. The number of methoxy groups -OCH3 is 1. The monoisotopic (exact) mass is 424 g/mol. The minimum absolute atomic E-state index is 0.0349. The molecule has 1 aliphatic rings. The Morgan fingerprint density at radius 2 is 1.80 bits per heavy atom. The first-order chi connectivity index (χ1) is 14.4. The van der Waals surface area contributed by atoms with Crippen LogP contribution in [0, 0.1) is 0 Å². The number of carbonyl (C=O) groups excluding carboxylic acids is 3. The van der Waals surface area contributed by atoms with E-state index in [4.69, 9.17) is 20.8 Å². The highest BCUT2D eigenvalue weighted by Gasteiger charge is 2.37. The van der Waals surface area contributed by atoms with Gasteiger partial charge in [-0.25, -0.2) is 9.69 Å². The van der Waals surface area contributed by atoms with Crippen molar-refractivity contribution >= 4 is 52.2 Å². The van der Waals surface area contributed by atoms with E-state index in [-0.39, 0.29) is 22.2 Å². The maximum atomic E-state index is 12.9. The van der Waals surface area contributed by atoms with Crippen LogP contribution in [0.3, 0.4) is 0 Å². The van der Waals surface area contributed by atoms with Crippen LogP contribution in [0.5, 0.6) is 5.75 Å². The smallest absolute Gasteiger partial charge is 0.335 e. The molecule has 0 atom stereocenters. The van der Waals surface area contributed by atoms with Crippen LogP contribution in [0.1, 0.15) is 5.56 Å². The summed E-state index contributed by atoms with van der Waals surface area (Å²) in [6, 6.07) is 9.77. The van der Waals surface area contributed by atoms with Crippen LogP contribution in [0.25, 0.3) is 17.0 Å². The van der Waals surface area contributed by atoms with E-state index < -0.39 is 23.3 Å². The number of benzene rings is 2. The lowest BCUT2D eigenvalue weighted by atomic mass is 10.1. The number of carbonyl (C=O) groups is 3. The summed E-state index contributed by atoms with van der Waals surface area (Å²) in [5.74, 6) is -1.26. The molecule has 8 nitrogen and oxygen atoms in total. The number of urea groups is 1. The van der Waals surface area contributed by atoms with E-state index in [1.54, 1.807) is 24.3 Å². The van der Waals surface area contributed by atoms with E-state index in [9.17, 15) is 19.2 Å². The van der Waals surface area contributed by atoms with Crippen molar-refractivity contribution in [2.45, 2.75) is 0 Å². The van der Waals surface area contributed by atoms with Crippen molar-refractivity contribution in [3.63, 3.8) is 0 Å². The molecule has 0 bridgehead atoms. The third kappa shape index (κ3) is 3.33. The number of hydrogen-bond acceptors (Lipinski definition) is 6. The molecule has 150 valence electrons. The number of anilines is 1. The molecule has 3 aromatic rings. The first-order valence-electron chi connectivity index (χ1n) is 8.65. The Morgan fingerprint density at radius 3 is 2.50 bits per heavy atom. The van der Waals surface area contributed by atoms with Gasteiger partial charge in [0.1, 0.15) is 23.2 Å². The standard InChI is InChI=1S/C21H13ClN2O6/c1-29-14-5-3-13(4-6-14)24-20(27)16(19(26)23-21(24)28)8-11-10-30-17-7-2-12(22)9-15(17)18(11)25/h2-10H,1H3,(H,23,26,28). The van der Waals surface area contributed by atoms with Gasteiger partial charge in [0.05, 0.1) is 23.7 Å². The Morgan fingerprint density at radius 1 is 1.07 bits per heavy atom. The van der Waals surface area contributed by atoms with Gasteiger partial charge in [-0.05, 0) is 48.5 Å². The van der Waals surface area contributed by atoms with Crippen molar-refractivity contribution in [3.8, 4) is 5.75 Å². The number of halogens is 1. The van der Waals surface area contributed by atoms with Gasteiger partial charge in [-0.1, -0.05) is 11.6 Å². The number of amides is 4. The van der Waals surface area contributed by atoms with Gasteiger partial charge in [-0.2, -0.15) is 0 Å². The van der Waals surface area contributed by atoms with Crippen LogP contribution in [-0.4, -0.2) is 25.0 Å². The van der Waals surface area contributed by atoms with Crippen LogP contribution in [0.2, 0.25) is 5.02 Å². The van der Waals surface area contributed by atoms with Crippen molar-refractivity contribution in [2.24, 2.45) is 0 Å². The van der Waals surface area contributed by atoms with E-state index in [2.05, 4.69) is 5.32 Å². The molecule has 1 aromatic heterocycles. The molecular weight excluding hydrogens is 412 g/mol. The molecule has 0 saturated carbocycles. The van der Waals surface area contributed by atoms with Crippen molar-refractivity contribution in [1.29, 1.82) is 0 Å². The van der Waals surface area contributed by atoms with Crippen LogP contribution in [-0.2, 0) is 9.59 Å². The van der Waals surface area contributed by atoms with Crippen LogP contribution in [0.4, 0.5) is 10.5 Å². The molecule has 0 unspecified atom stereocenters. The Bertz CT molecular complexity index is 1290. The molecule has 1 saturated heterocycles. The minimum atomic E-state index is -0.916. The van der Waals surface area contributed by atoms with Crippen LogP contribution in [0.15, 0.2) is 63.5 Å². The maximum absolute atomic E-state index is 12.9. The number of nitrogens with zero attached hydrogens (tertiary/aromatic N) is 1. The van der Waals surface area contributed by atoms with Gasteiger partial charge in [-0.3, -0.25) is 19.7 Å². The average Bonchev–Trinajstić information content (AvgIpc) is 2.73. The average molecular weight is 425 g/mol. The predicted octanol–water partition coefficient (Wildman–Crippen LogP) is 3.12. The zero-order valence-electron chi connectivity index (χ0n) is 15.5. The van der Waals surface area contributed by atoms with Gasteiger partial charge >= 0.3 is 6.03 Å². The summed E-state index contributed by atoms with van der Waals surface area (Å²) in [6.07, 6.45) is 2.23. The highest BCUT2D eigenvalue weighted by Crippen LogP contribution is 2.24. The number of hydrogen-bond donors (Lipinski definition) is 1. The van der Waals surface area contributed by atoms with Gasteiger partial charge in [0.25, 0.3) is 11.8 Å².